The number of nitrogens with zero attached hydrogens (tertiary/aromatic N) is 5. The molecule has 2 aromatic rings. The Kier molecular flexibility index (Phi) is 3.79. The summed E-state index contributed by atoms with van der Waals surface area (Å²) in [6.07, 6.45) is 0.481. The smallest absolute Gasteiger partial charge is 0.334 e. The number of morpholine rings is 1. The number of carbonyl (C=O) groups excluding carboxylic acids is 1. The van der Waals surface area contributed by atoms with Crippen LogP contribution in [-0.4, -0.2) is 67.9 Å². The van der Waals surface area contributed by atoms with Crippen LogP contribution in [0.3, 0.4) is 0 Å². The zero-order valence-corrected chi connectivity index (χ0v) is 11.5. The van der Waals surface area contributed by atoms with E-state index in [0.717, 1.165) is 5.69 Å². The van der Waals surface area contributed by atoms with E-state index in [9.17, 15) is 9.59 Å². The second kappa shape index (κ2) is 5.90. The van der Waals surface area contributed by atoms with Gasteiger partial charge in [-0.05, 0) is 34.7 Å². The predicted molar refractivity (Wildman–Crippen MR) is 72.4 cm³/mol. The van der Waals surface area contributed by atoms with Crippen LogP contribution in [0.2, 0.25) is 0 Å². The number of carboxylic acid groups (broad SMARTS) is 1. The Labute approximate surface area is 125 Å². The van der Waals surface area contributed by atoms with Gasteiger partial charge in [-0.2, -0.15) is 0 Å². The number of carboxylic acids is 1. The van der Waals surface area contributed by atoms with E-state index in [4.69, 9.17) is 9.84 Å². The fourth-order valence-electron chi connectivity index (χ4n) is 2.20. The Morgan fingerprint density at radius 2 is 2.05 bits per heavy atom. The number of rotatable bonds is 3. The summed E-state index contributed by atoms with van der Waals surface area (Å²) in [6.45, 7) is 0.631. The Morgan fingerprint density at radius 1 is 1.27 bits per heavy atom. The van der Waals surface area contributed by atoms with Crippen LogP contribution in [0, 0.1) is 0 Å². The molecule has 1 aromatic carbocycles. The van der Waals surface area contributed by atoms with Crippen molar-refractivity contribution in [3.63, 3.8) is 0 Å². The molecule has 1 atom stereocenters. The molecule has 9 nitrogen and oxygen atoms in total. The Morgan fingerprint density at radius 3 is 2.68 bits per heavy atom. The lowest BCUT2D eigenvalue weighted by Crippen LogP contribution is -2.48. The van der Waals surface area contributed by atoms with Gasteiger partial charge in [-0.3, -0.25) is 4.79 Å². The molecule has 0 aliphatic carbocycles. The first kappa shape index (κ1) is 14.1. The van der Waals surface area contributed by atoms with Crippen molar-refractivity contribution in [1.29, 1.82) is 0 Å². The molecule has 1 saturated heterocycles. The fraction of sp³-hybridized carbons (Fsp3) is 0.308. The Hall–Kier alpha value is -2.81. The first-order chi connectivity index (χ1) is 10.6. The average Bonchev–Trinajstić information content (AvgIpc) is 3.09. The fourth-order valence-corrected chi connectivity index (χ4v) is 2.20. The molecule has 1 aromatic heterocycles. The van der Waals surface area contributed by atoms with E-state index in [1.807, 2.05) is 0 Å². The highest BCUT2D eigenvalue weighted by atomic mass is 16.5. The summed E-state index contributed by atoms with van der Waals surface area (Å²) in [5, 5.41) is 19.8. The SMILES string of the molecule is O=C(O)C1CN(C(=O)c2ccc(-n3cnnn3)cc2)CCO1. The quantitative estimate of drug-likeness (QED) is 0.820. The topological polar surface area (TPSA) is 110 Å². The van der Waals surface area contributed by atoms with Crippen molar-refractivity contribution in [1.82, 2.24) is 25.1 Å². The highest BCUT2D eigenvalue weighted by Crippen LogP contribution is 2.13. The van der Waals surface area contributed by atoms with Gasteiger partial charge in [0.1, 0.15) is 6.33 Å². The van der Waals surface area contributed by atoms with Crippen LogP contribution in [0.25, 0.3) is 5.69 Å². The molecular weight excluding hydrogens is 290 g/mol. The van der Waals surface area contributed by atoms with E-state index in [2.05, 4.69) is 15.5 Å². The summed E-state index contributed by atoms with van der Waals surface area (Å²) in [5.41, 5.74) is 1.20. The lowest BCUT2D eigenvalue weighted by atomic mass is 10.1. The molecule has 0 saturated carbocycles. The first-order valence-electron chi connectivity index (χ1n) is 6.62. The highest BCUT2D eigenvalue weighted by Gasteiger charge is 2.29. The maximum Gasteiger partial charge on any atom is 0.334 e. The van der Waals surface area contributed by atoms with Gasteiger partial charge >= 0.3 is 5.97 Å². The highest BCUT2D eigenvalue weighted by molar-refractivity contribution is 5.94. The van der Waals surface area contributed by atoms with Crippen LogP contribution in [0.4, 0.5) is 0 Å². The van der Waals surface area contributed by atoms with Gasteiger partial charge in [0.2, 0.25) is 0 Å². The van der Waals surface area contributed by atoms with Crippen LogP contribution in [0.5, 0.6) is 0 Å². The molecule has 1 aliphatic heterocycles. The van der Waals surface area contributed by atoms with Gasteiger partial charge in [0.25, 0.3) is 5.91 Å². The van der Waals surface area contributed by atoms with Crippen molar-refractivity contribution >= 4 is 11.9 Å². The van der Waals surface area contributed by atoms with E-state index >= 15 is 0 Å². The molecule has 1 aliphatic rings. The van der Waals surface area contributed by atoms with Gasteiger partial charge in [0.15, 0.2) is 6.10 Å². The standard InChI is InChI=1S/C13H13N5O4/c19-12(17-5-6-22-11(7-17)13(20)21)9-1-3-10(4-2-9)18-8-14-15-16-18/h1-4,8,11H,5-7H2,(H,20,21). The van der Waals surface area contributed by atoms with E-state index in [0.29, 0.717) is 12.1 Å². The third kappa shape index (κ3) is 2.79. The van der Waals surface area contributed by atoms with Gasteiger partial charge < -0.3 is 14.7 Å². The van der Waals surface area contributed by atoms with Crippen LogP contribution < -0.4 is 0 Å². The normalized spacial score (nSPS) is 18.2. The van der Waals surface area contributed by atoms with Crippen LogP contribution in [-0.2, 0) is 9.53 Å². The maximum atomic E-state index is 12.4. The number of carbonyl (C=O) groups is 2. The summed E-state index contributed by atoms with van der Waals surface area (Å²) < 4.78 is 6.58. The average molecular weight is 303 g/mol. The molecular formula is C13H13N5O4. The summed E-state index contributed by atoms with van der Waals surface area (Å²) in [5.74, 6) is -1.29. The molecule has 22 heavy (non-hydrogen) atoms. The van der Waals surface area contributed by atoms with Crippen molar-refractivity contribution in [3.05, 3.63) is 36.2 Å². The van der Waals surface area contributed by atoms with Crippen molar-refractivity contribution in [2.75, 3.05) is 19.7 Å². The van der Waals surface area contributed by atoms with E-state index < -0.39 is 12.1 Å². The minimum absolute atomic E-state index is 0.0446. The third-order valence-corrected chi connectivity index (χ3v) is 3.36. The van der Waals surface area contributed by atoms with Crippen LogP contribution in [0.1, 0.15) is 10.4 Å². The number of hydrogen-bond donors (Lipinski definition) is 1. The Balaban J connectivity index is 1.73. The number of aromatic nitrogens is 4. The molecule has 2 heterocycles. The molecule has 1 unspecified atom stereocenters. The second-order valence-corrected chi connectivity index (χ2v) is 4.75. The van der Waals surface area contributed by atoms with Crippen LogP contribution in [0.15, 0.2) is 30.6 Å². The Bertz CT molecular complexity index is 670. The maximum absolute atomic E-state index is 12.4. The summed E-state index contributed by atoms with van der Waals surface area (Å²) in [7, 11) is 0. The summed E-state index contributed by atoms with van der Waals surface area (Å²) in [4.78, 5) is 24.8. The molecule has 1 N–H and O–H groups in total. The molecule has 1 fully saturated rings. The third-order valence-electron chi connectivity index (χ3n) is 3.36. The van der Waals surface area contributed by atoms with E-state index in [1.54, 1.807) is 24.3 Å². The summed E-state index contributed by atoms with van der Waals surface area (Å²) in [6, 6.07) is 6.76. The molecule has 0 bridgehead atoms. The van der Waals surface area contributed by atoms with E-state index in [1.165, 1.54) is 15.9 Å². The van der Waals surface area contributed by atoms with Gasteiger partial charge in [-0.1, -0.05) is 0 Å². The monoisotopic (exact) mass is 303 g/mol. The van der Waals surface area contributed by atoms with Crippen molar-refractivity contribution in [3.8, 4) is 5.69 Å². The van der Waals surface area contributed by atoms with E-state index in [-0.39, 0.29) is 19.1 Å². The molecule has 3 rings (SSSR count). The van der Waals surface area contributed by atoms with Crippen molar-refractivity contribution in [2.24, 2.45) is 0 Å². The number of hydrogen-bond acceptors (Lipinski definition) is 6. The number of aliphatic carboxylic acids is 1. The van der Waals surface area contributed by atoms with Gasteiger partial charge in [-0.25, -0.2) is 9.48 Å². The first-order valence-corrected chi connectivity index (χ1v) is 6.62. The minimum atomic E-state index is -1.06. The predicted octanol–water partition coefficient (Wildman–Crippen LogP) is -0.412. The minimum Gasteiger partial charge on any atom is -0.479 e. The van der Waals surface area contributed by atoms with Crippen LogP contribution >= 0.6 is 0 Å². The largest absolute Gasteiger partial charge is 0.479 e. The number of tetrazole rings is 1. The number of amides is 1. The van der Waals surface area contributed by atoms with Gasteiger partial charge in [0, 0.05) is 12.1 Å². The lowest BCUT2D eigenvalue weighted by molar-refractivity contribution is -0.154. The number of ether oxygens (including phenoxy) is 1. The second-order valence-electron chi connectivity index (χ2n) is 4.75. The zero-order valence-electron chi connectivity index (χ0n) is 11.5. The zero-order chi connectivity index (χ0) is 15.5. The summed E-state index contributed by atoms with van der Waals surface area (Å²) >= 11 is 0. The van der Waals surface area contributed by atoms with Crippen molar-refractivity contribution in [2.45, 2.75) is 6.10 Å². The number of benzene rings is 1. The lowest BCUT2D eigenvalue weighted by Gasteiger charge is -2.30. The van der Waals surface area contributed by atoms with Gasteiger partial charge in [-0.15, -0.1) is 5.10 Å². The molecule has 114 valence electrons. The molecule has 0 radical (unpaired) electrons. The van der Waals surface area contributed by atoms with Gasteiger partial charge in [0.05, 0.1) is 18.8 Å². The molecule has 9 heteroatoms. The van der Waals surface area contributed by atoms with Crippen molar-refractivity contribution < 1.29 is 19.4 Å². The molecule has 1 amide bonds. The molecule has 0 spiro atoms.